The summed E-state index contributed by atoms with van der Waals surface area (Å²) >= 11 is 0. The number of benzene rings is 1. The molecule has 88 valence electrons. The summed E-state index contributed by atoms with van der Waals surface area (Å²) in [6.45, 7) is 1.93. The summed E-state index contributed by atoms with van der Waals surface area (Å²) in [6.07, 6.45) is -0.818. The Balaban J connectivity index is 2.52. The van der Waals surface area contributed by atoms with E-state index in [0.717, 1.165) is 5.56 Å². The van der Waals surface area contributed by atoms with E-state index < -0.39 is 18.1 Å². The van der Waals surface area contributed by atoms with Gasteiger partial charge in [0.25, 0.3) is 0 Å². The number of aliphatic hydroxyl groups is 1. The second-order valence-electron chi connectivity index (χ2n) is 3.55. The number of carbonyl (C=O) groups excluding carboxylic acids is 1. The van der Waals surface area contributed by atoms with Gasteiger partial charge in [-0.2, -0.15) is 0 Å². The number of carbonyl (C=O) groups is 1. The molecule has 0 fully saturated rings. The van der Waals surface area contributed by atoms with Gasteiger partial charge in [-0.05, 0) is 18.9 Å². The van der Waals surface area contributed by atoms with E-state index in [-0.39, 0.29) is 6.61 Å². The topological polar surface area (TPSA) is 72.5 Å². The van der Waals surface area contributed by atoms with Crippen molar-refractivity contribution in [2.24, 2.45) is 5.73 Å². The van der Waals surface area contributed by atoms with E-state index in [9.17, 15) is 9.90 Å². The first kappa shape index (κ1) is 12.7. The van der Waals surface area contributed by atoms with Gasteiger partial charge in [0, 0.05) is 6.04 Å². The molecule has 0 saturated carbocycles. The van der Waals surface area contributed by atoms with Crippen molar-refractivity contribution in [1.82, 2.24) is 0 Å². The number of hydrogen-bond donors (Lipinski definition) is 2. The molecule has 1 rings (SSSR count). The van der Waals surface area contributed by atoms with Gasteiger partial charge < -0.3 is 15.6 Å². The van der Waals surface area contributed by atoms with E-state index in [1.165, 1.54) is 0 Å². The number of aliphatic hydroxyl groups excluding tert-OH is 1. The molecule has 1 aromatic rings. The van der Waals surface area contributed by atoms with Crippen molar-refractivity contribution < 1.29 is 14.6 Å². The maximum Gasteiger partial charge on any atom is 0.336 e. The van der Waals surface area contributed by atoms with Crippen molar-refractivity contribution in [3.63, 3.8) is 0 Å². The summed E-state index contributed by atoms with van der Waals surface area (Å²) < 4.78 is 4.69. The van der Waals surface area contributed by atoms with Crippen LogP contribution in [0.3, 0.4) is 0 Å². The quantitative estimate of drug-likeness (QED) is 0.712. The largest absolute Gasteiger partial charge is 0.464 e. The van der Waals surface area contributed by atoms with Crippen LogP contribution in [0, 0.1) is 0 Å². The van der Waals surface area contributed by atoms with Gasteiger partial charge in [0.1, 0.15) is 0 Å². The number of ether oxygens (including phenoxy) is 1. The van der Waals surface area contributed by atoms with Crippen molar-refractivity contribution in [1.29, 1.82) is 0 Å². The van der Waals surface area contributed by atoms with Crippen LogP contribution in [-0.2, 0) is 16.0 Å². The fraction of sp³-hybridized carbons (Fsp3) is 0.417. The molecule has 0 heterocycles. The molecule has 0 spiro atoms. The van der Waals surface area contributed by atoms with E-state index in [4.69, 9.17) is 10.5 Å². The minimum Gasteiger partial charge on any atom is -0.464 e. The number of rotatable bonds is 5. The first-order valence-electron chi connectivity index (χ1n) is 5.29. The highest BCUT2D eigenvalue weighted by molar-refractivity contribution is 5.75. The molecule has 4 heteroatoms. The van der Waals surface area contributed by atoms with Crippen LogP contribution in [-0.4, -0.2) is 29.8 Å². The monoisotopic (exact) mass is 223 g/mol. The van der Waals surface area contributed by atoms with Crippen LogP contribution in [0.5, 0.6) is 0 Å². The predicted octanol–water partition coefficient (Wildman–Crippen LogP) is 0.480. The Labute approximate surface area is 95.0 Å². The Morgan fingerprint density at radius 1 is 1.44 bits per heavy atom. The third-order valence-corrected chi connectivity index (χ3v) is 2.25. The molecule has 0 aromatic heterocycles. The molecule has 0 aliphatic heterocycles. The van der Waals surface area contributed by atoms with Gasteiger partial charge in [0.15, 0.2) is 6.10 Å². The van der Waals surface area contributed by atoms with E-state index in [1.807, 2.05) is 30.3 Å². The molecule has 0 aliphatic carbocycles. The Hall–Kier alpha value is -1.39. The zero-order valence-corrected chi connectivity index (χ0v) is 9.30. The average Bonchev–Trinajstić information content (AvgIpc) is 2.29. The molecule has 1 aromatic carbocycles. The van der Waals surface area contributed by atoms with E-state index in [0.29, 0.717) is 6.42 Å². The normalized spacial score (nSPS) is 14.2. The highest BCUT2D eigenvalue weighted by Gasteiger charge is 2.24. The van der Waals surface area contributed by atoms with Crippen LogP contribution in [0.25, 0.3) is 0 Å². The fourth-order valence-electron chi connectivity index (χ4n) is 1.40. The smallest absolute Gasteiger partial charge is 0.336 e. The molecule has 2 atom stereocenters. The molecular weight excluding hydrogens is 206 g/mol. The van der Waals surface area contributed by atoms with Crippen molar-refractivity contribution in [3.8, 4) is 0 Å². The third kappa shape index (κ3) is 3.64. The molecule has 0 saturated heterocycles. The number of esters is 1. The zero-order chi connectivity index (χ0) is 12.0. The average molecular weight is 223 g/mol. The summed E-state index contributed by atoms with van der Waals surface area (Å²) in [5, 5.41) is 9.58. The Morgan fingerprint density at radius 2 is 2.06 bits per heavy atom. The minimum atomic E-state index is -1.26. The van der Waals surface area contributed by atoms with Crippen molar-refractivity contribution >= 4 is 5.97 Å². The lowest BCUT2D eigenvalue weighted by atomic mass is 10.0. The molecule has 0 aliphatic rings. The van der Waals surface area contributed by atoms with Gasteiger partial charge in [-0.1, -0.05) is 30.3 Å². The maximum absolute atomic E-state index is 11.2. The van der Waals surface area contributed by atoms with Crippen molar-refractivity contribution in [2.45, 2.75) is 25.5 Å². The SMILES string of the molecule is CCOC(=O)C(O)[C@@H](N)Cc1ccccc1. The lowest BCUT2D eigenvalue weighted by molar-refractivity contribution is -0.154. The van der Waals surface area contributed by atoms with Crippen LogP contribution in [0.2, 0.25) is 0 Å². The predicted molar refractivity (Wildman–Crippen MR) is 60.8 cm³/mol. The lowest BCUT2D eigenvalue weighted by Gasteiger charge is -2.17. The first-order chi connectivity index (χ1) is 7.65. The van der Waals surface area contributed by atoms with E-state index in [2.05, 4.69) is 0 Å². The van der Waals surface area contributed by atoms with E-state index >= 15 is 0 Å². The number of hydrogen-bond acceptors (Lipinski definition) is 4. The summed E-state index contributed by atoms with van der Waals surface area (Å²) in [4.78, 5) is 11.2. The van der Waals surface area contributed by atoms with Crippen LogP contribution in [0.4, 0.5) is 0 Å². The molecule has 3 N–H and O–H groups in total. The summed E-state index contributed by atoms with van der Waals surface area (Å²) in [7, 11) is 0. The molecule has 16 heavy (non-hydrogen) atoms. The van der Waals surface area contributed by atoms with Crippen molar-refractivity contribution in [2.75, 3.05) is 6.61 Å². The Morgan fingerprint density at radius 3 is 2.62 bits per heavy atom. The lowest BCUT2D eigenvalue weighted by Crippen LogP contribution is -2.42. The summed E-state index contributed by atoms with van der Waals surface area (Å²) in [5.41, 5.74) is 6.71. The van der Waals surface area contributed by atoms with Crippen LogP contribution in [0.1, 0.15) is 12.5 Å². The Kier molecular flexibility index (Phi) is 4.95. The van der Waals surface area contributed by atoms with Crippen LogP contribution in [0.15, 0.2) is 30.3 Å². The minimum absolute atomic E-state index is 0.244. The van der Waals surface area contributed by atoms with Gasteiger partial charge >= 0.3 is 5.97 Å². The molecular formula is C12H17NO3. The van der Waals surface area contributed by atoms with Crippen LogP contribution >= 0.6 is 0 Å². The number of nitrogens with two attached hydrogens (primary N) is 1. The van der Waals surface area contributed by atoms with Crippen molar-refractivity contribution in [3.05, 3.63) is 35.9 Å². The van der Waals surface area contributed by atoms with E-state index in [1.54, 1.807) is 6.92 Å². The molecule has 1 unspecified atom stereocenters. The van der Waals surface area contributed by atoms with Gasteiger partial charge in [-0.25, -0.2) is 4.79 Å². The maximum atomic E-state index is 11.2. The first-order valence-corrected chi connectivity index (χ1v) is 5.29. The van der Waals surface area contributed by atoms with Gasteiger partial charge in [-0.15, -0.1) is 0 Å². The van der Waals surface area contributed by atoms with Gasteiger partial charge in [0.05, 0.1) is 6.61 Å². The summed E-state index contributed by atoms with van der Waals surface area (Å²) in [5.74, 6) is -0.661. The highest BCUT2D eigenvalue weighted by atomic mass is 16.5. The molecule has 0 bridgehead atoms. The highest BCUT2D eigenvalue weighted by Crippen LogP contribution is 2.05. The Bertz CT molecular complexity index is 326. The fourth-order valence-corrected chi connectivity index (χ4v) is 1.40. The standard InChI is InChI=1S/C12H17NO3/c1-2-16-12(15)11(14)10(13)8-9-6-4-3-5-7-9/h3-7,10-11,14H,2,8,13H2,1H3/t10-,11?/m0/s1. The summed E-state index contributed by atoms with van der Waals surface area (Å²) in [6, 6.07) is 8.84. The zero-order valence-electron chi connectivity index (χ0n) is 9.30. The van der Waals surface area contributed by atoms with Gasteiger partial charge in [0.2, 0.25) is 0 Å². The third-order valence-electron chi connectivity index (χ3n) is 2.25. The molecule has 0 amide bonds. The van der Waals surface area contributed by atoms with Gasteiger partial charge in [-0.3, -0.25) is 0 Å². The molecule has 4 nitrogen and oxygen atoms in total. The second-order valence-corrected chi connectivity index (χ2v) is 3.55. The second kappa shape index (κ2) is 6.25. The van der Waals surface area contributed by atoms with Crippen LogP contribution < -0.4 is 5.73 Å². The molecule has 0 radical (unpaired) electrons.